The summed E-state index contributed by atoms with van der Waals surface area (Å²) >= 11 is 0. The predicted octanol–water partition coefficient (Wildman–Crippen LogP) is 0.373. The minimum Gasteiger partial charge on any atom is -0.303 e. The Hall–Kier alpha value is -0.0900. The van der Waals surface area contributed by atoms with Gasteiger partial charge in [-0.1, -0.05) is 6.92 Å². The smallest absolute Gasteiger partial charge is 0.147 e. The molecule has 0 aromatic heterocycles. The molecule has 4 heteroatoms. The van der Waals surface area contributed by atoms with Crippen LogP contribution in [0.5, 0.6) is 0 Å². The lowest BCUT2D eigenvalue weighted by atomic mass is 10.2. The van der Waals surface area contributed by atoms with Crippen molar-refractivity contribution in [3.8, 4) is 0 Å². The van der Waals surface area contributed by atoms with Gasteiger partial charge >= 0.3 is 0 Å². The molecular weight excluding hydrogens is 174 g/mol. The Morgan fingerprint density at radius 2 is 2.17 bits per heavy atom. The lowest BCUT2D eigenvalue weighted by Crippen LogP contribution is -2.22. The molecule has 1 aliphatic heterocycles. The molecule has 1 unspecified atom stereocenters. The summed E-state index contributed by atoms with van der Waals surface area (Å²) in [4.78, 5) is 2.30. The molecular formula is C8H17NO2S. The van der Waals surface area contributed by atoms with Crippen LogP contribution >= 0.6 is 0 Å². The van der Waals surface area contributed by atoms with Gasteiger partial charge in [-0.2, -0.15) is 0 Å². The SMILES string of the molecule is CCN1CCC(CS(C)(=O)=O)C1. The second kappa shape index (κ2) is 3.75. The molecule has 0 saturated carbocycles. The Morgan fingerprint density at radius 3 is 2.58 bits per heavy atom. The summed E-state index contributed by atoms with van der Waals surface area (Å²) in [6.45, 7) is 5.18. The highest BCUT2D eigenvalue weighted by Gasteiger charge is 2.23. The molecule has 0 bridgehead atoms. The number of likely N-dealkylation sites (tertiary alicyclic amines) is 1. The molecule has 0 aliphatic carbocycles. The fourth-order valence-electron chi connectivity index (χ4n) is 1.76. The normalized spacial score (nSPS) is 26.3. The van der Waals surface area contributed by atoms with Crippen molar-refractivity contribution in [2.75, 3.05) is 31.6 Å². The van der Waals surface area contributed by atoms with Crippen molar-refractivity contribution < 1.29 is 8.42 Å². The Bertz CT molecular complexity index is 235. The number of rotatable bonds is 3. The van der Waals surface area contributed by atoms with Crippen LogP contribution in [0.1, 0.15) is 13.3 Å². The summed E-state index contributed by atoms with van der Waals surface area (Å²) in [6, 6.07) is 0. The Balaban J connectivity index is 2.38. The van der Waals surface area contributed by atoms with E-state index in [1.54, 1.807) is 0 Å². The zero-order valence-corrected chi connectivity index (χ0v) is 8.60. The molecule has 1 fully saturated rings. The molecule has 3 nitrogen and oxygen atoms in total. The molecule has 72 valence electrons. The summed E-state index contributed by atoms with van der Waals surface area (Å²) < 4.78 is 21.9. The van der Waals surface area contributed by atoms with E-state index in [4.69, 9.17) is 0 Å². The first-order chi connectivity index (χ1) is 5.51. The van der Waals surface area contributed by atoms with Crippen molar-refractivity contribution in [3.63, 3.8) is 0 Å². The highest BCUT2D eigenvalue weighted by molar-refractivity contribution is 7.90. The zero-order chi connectivity index (χ0) is 9.19. The fourth-order valence-corrected chi connectivity index (χ4v) is 2.89. The number of hydrogen-bond donors (Lipinski definition) is 0. The third kappa shape index (κ3) is 3.11. The summed E-state index contributed by atoms with van der Waals surface area (Å²) in [5.74, 6) is 0.740. The maximum atomic E-state index is 11.0. The van der Waals surface area contributed by atoms with Gasteiger partial charge in [-0.05, 0) is 25.4 Å². The average Bonchev–Trinajstić information content (AvgIpc) is 2.32. The number of nitrogens with zero attached hydrogens (tertiary/aromatic N) is 1. The van der Waals surface area contributed by atoms with E-state index in [9.17, 15) is 8.42 Å². The van der Waals surface area contributed by atoms with Gasteiger partial charge in [0.25, 0.3) is 0 Å². The number of sulfone groups is 1. The maximum Gasteiger partial charge on any atom is 0.147 e. The van der Waals surface area contributed by atoms with E-state index in [2.05, 4.69) is 11.8 Å². The standard InChI is InChI=1S/C8H17NO2S/c1-3-9-5-4-8(6-9)7-12(2,10)11/h8H,3-7H2,1-2H3. The van der Waals surface area contributed by atoms with E-state index in [0.29, 0.717) is 11.7 Å². The second-order valence-corrected chi connectivity index (χ2v) is 5.83. The Kier molecular flexibility index (Phi) is 3.12. The van der Waals surface area contributed by atoms with Crippen LogP contribution in [0.3, 0.4) is 0 Å². The van der Waals surface area contributed by atoms with Crippen molar-refractivity contribution in [3.05, 3.63) is 0 Å². The van der Waals surface area contributed by atoms with Gasteiger partial charge in [0, 0.05) is 12.8 Å². The molecule has 0 radical (unpaired) electrons. The van der Waals surface area contributed by atoms with Crippen LogP contribution in [-0.2, 0) is 9.84 Å². The molecule has 0 amide bonds. The first kappa shape index (κ1) is 9.99. The molecule has 0 spiro atoms. The highest BCUT2D eigenvalue weighted by Crippen LogP contribution is 2.16. The summed E-state index contributed by atoms with van der Waals surface area (Å²) in [7, 11) is -2.77. The monoisotopic (exact) mass is 191 g/mol. The van der Waals surface area contributed by atoms with Gasteiger partial charge in [-0.15, -0.1) is 0 Å². The molecule has 1 rings (SSSR count). The van der Waals surface area contributed by atoms with Crippen LogP contribution in [-0.4, -0.2) is 45.0 Å². The topological polar surface area (TPSA) is 37.4 Å². The van der Waals surface area contributed by atoms with Crippen molar-refractivity contribution in [2.24, 2.45) is 5.92 Å². The van der Waals surface area contributed by atoms with Gasteiger partial charge < -0.3 is 4.90 Å². The fraction of sp³-hybridized carbons (Fsp3) is 1.00. The van der Waals surface area contributed by atoms with Crippen molar-refractivity contribution in [2.45, 2.75) is 13.3 Å². The van der Waals surface area contributed by atoms with Crippen LogP contribution in [0.15, 0.2) is 0 Å². The van der Waals surface area contributed by atoms with Gasteiger partial charge in [-0.3, -0.25) is 0 Å². The lowest BCUT2D eigenvalue weighted by molar-refractivity contribution is 0.347. The molecule has 1 heterocycles. The van der Waals surface area contributed by atoms with E-state index >= 15 is 0 Å². The van der Waals surface area contributed by atoms with Crippen LogP contribution in [0.25, 0.3) is 0 Å². The van der Waals surface area contributed by atoms with Crippen molar-refractivity contribution in [1.82, 2.24) is 4.90 Å². The van der Waals surface area contributed by atoms with E-state index in [1.165, 1.54) is 6.26 Å². The minimum atomic E-state index is -2.77. The van der Waals surface area contributed by atoms with Gasteiger partial charge in [0.1, 0.15) is 9.84 Å². The van der Waals surface area contributed by atoms with E-state index in [1.807, 2.05) is 0 Å². The average molecular weight is 191 g/mol. The summed E-state index contributed by atoms with van der Waals surface area (Å²) in [5, 5.41) is 0. The second-order valence-electron chi connectivity index (χ2n) is 3.64. The first-order valence-corrected chi connectivity index (χ1v) is 6.47. The summed E-state index contributed by atoms with van der Waals surface area (Å²) in [6.07, 6.45) is 2.36. The van der Waals surface area contributed by atoms with Gasteiger partial charge in [0.15, 0.2) is 0 Å². The van der Waals surface area contributed by atoms with E-state index < -0.39 is 9.84 Å². The molecule has 0 aromatic rings. The van der Waals surface area contributed by atoms with Crippen molar-refractivity contribution in [1.29, 1.82) is 0 Å². The van der Waals surface area contributed by atoms with Gasteiger partial charge in [0.05, 0.1) is 5.75 Å². The molecule has 12 heavy (non-hydrogen) atoms. The highest BCUT2D eigenvalue weighted by atomic mass is 32.2. The first-order valence-electron chi connectivity index (χ1n) is 4.41. The predicted molar refractivity (Wildman–Crippen MR) is 49.9 cm³/mol. The molecule has 1 saturated heterocycles. The third-order valence-corrected chi connectivity index (χ3v) is 3.43. The molecule has 1 aliphatic rings. The largest absolute Gasteiger partial charge is 0.303 e. The summed E-state index contributed by atoms with van der Waals surface area (Å²) in [5.41, 5.74) is 0. The lowest BCUT2D eigenvalue weighted by Gasteiger charge is -2.11. The number of hydrogen-bond acceptors (Lipinski definition) is 3. The minimum absolute atomic E-state index is 0.365. The van der Waals surface area contributed by atoms with Gasteiger partial charge in [-0.25, -0.2) is 8.42 Å². The van der Waals surface area contributed by atoms with E-state index in [0.717, 1.165) is 26.1 Å². The zero-order valence-electron chi connectivity index (χ0n) is 7.78. The van der Waals surface area contributed by atoms with Gasteiger partial charge in [0.2, 0.25) is 0 Å². The third-order valence-electron chi connectivity index (χ3n) is 2.36. The molecule has 0 N–H and O–H groups in total. The van der Waals surface area contributed by atoms with Crippen LogP contribution < -0.4 is 0 Å². The molecule has 1 atom stereocenters. The quantitative estimate of drug-likeness (QED) is 0.647. The van der Waals surface area contributed by atoms with Crippen LogP contribution in [0.2, 0.25) is 0 Å². The Labute approximate surface area is 74.7 Å². The van der Waals surface area contributed by atoms with Crippen LogP contribution in [0, 0.1) is 5.92 Å². The van der Waals surface area contributed by atoms with E-state index in [-0.39, 0.29) is 0 Å². The molecule has 0 aromatic carbocycles. The van der Waals surface area contributed by atoms with Crippen molar-refractivity contribution >= 4 is 9.84 Å². The maximum absolute atomic E-state index is 11.0. The van der Waals surface area contributed by atoms with Crippen LogP contribution in [0.4, 0.5) is 0 Å². The Morgan fingerprint density at radius 1 is 1.50 bits per heavy atom.